The lowest BCUT2D eigenvalue weighted by molar-refractivity contribution is -0.145. The fourth-order valence-corrected chi connectivity index (χ4v) is 1.14. The molecule has 0 fully saturated rings. The van der Waals surface area contributed by atoms with E-state index in [-0.39, 0.29) is 12.3 Å². The maximum absolute atomic E-state index is 11.3. The molecule has 0 heterocycles. The normalized spacial score (nSPS) is 11.7. The summed E-state index contributed by atoms with van der Waals surface area (Å²) in [4.78, 5) is 22.4. The first kappa shape index (κ1) is 13.4. The average Bonchev–Trinajstić information content (AvgIpc) is 2.15. The standard InChI is InChI=1S/C10H16N2O3/c1-7(2)6-8(10(14)15-3)12-9(13)4-5-11/h7-8H,4,6H2,1-3H3,(H,12,13). The molecule has 5 nitrogen and oxygen atoms in total. The molecule has 84 valence electrons. The van der Waals surface area contributed by atoms with Crippen molar-refractivity contribution < 1.29 is 14.3 Å². The largest absolute Gasteiger partial charge is 0.467 e. The van der Waals surface area contributed by atoms with Crippen molar-refractivity contribution in [2.45, 2.75) is 32.7 Å². The first-order valence-electron chi connectivity index (χ1n) is 4.75. The summed E-state index contributed by atoms with van der Waals surface area (Å²) < 4.78 is 4.56. The van der Waals surface area contributed by atoms with Crippen molar-refractivity contribution in [1.29, 1.82) is 5.26 Å². The number of amides is 1. The van der Waals surface area contributed by atoms with Crippen LogP contribution in [0.3, 0.4) is 0 Å². The summed E-state index contributed by atoms with van der Waals surface area (Å²) in [5.41, 5.74) is 0. The first-order valence-corrected chi connectivity index (χ1v) is 4.75. The summed E-state index contributed by atoms with van der Waals surface area (Å²) in [6, 6.07) is 1.06. The summed E-state index contributed by atoms with van der Waals surface area (Å²) in [5.74, 6) is -0.667. The zero-order valence-corrected chi connectivity index (χ0v) is 9.24. The smallest absolute Gasteiger partial charge is 0.328 e. The molecule has 0 aromatic carbocycles. The number of hydrogen-bond donors (Lipinski definition) is 1. The van der Waals surface area contributed by atoms with Gasteiger partial charge in [-0.2, -0.15) is 5.26 Å². The Kier molecular flexibility index (Phi) is 6.11. The van der Waals surface area contributed by atoms with Crippen LogP contribution in [0.5, 0.6) is 0 Å². The number of carbonyl (C=O) groups excluding carboxylic acids is 2. The number of methoxy groups -OCH3 is 1. The second-order valence-corrected chi connectivity index (χ2v) is 3.61. The van der Waals surface area contributed by atoms with E-state index >= 15 is 0 Å². The minimum Gasteiger partial charge on any atom is -0.467 e. The lowest BCUT2D eigenvalue weighted by atomic mass is 10.0. The Morgan fingerprint density at radius 3 is 2.47 bits per heavy atom. The van der Waals surface area contributed by atoms with Gasteiger partial charge in [0.05, 0.1) is 13.2 Å². The Morgan fingerprint density at radius 2 is 2.07 bits per heavy atom. The molecule has 0 aromatic heterocycles. The summed E-state index contributed by atoms with van der Waals surface area (Å²) in [7, 11) is 1.27. The highest BCUT2D eigenvalue weighted by molar-refractivity contribution is 5.85. The molecule has 1 N–H and O–H groups in total. The maximum Gasteiger partial charge on any atom is 0.328 e. The van der Waals surface area contributed by atoms with Gasteiger partial charge in [0.1, 0.15) is 12.5 Å². The molecular formula is C10H16N2O3. The highest BCUT2D eigenvalue weighted by atomic mass is 16.5. The highest BCUT2D eigenvalue weighted by Gasteiger charge is 2.22. The lowest BCUT2D eigenvalue weighted by Gasteiger charge is -2.17. The predicted molar refractivity (Wildman–Crippen MR) is 53.6 cm³/mol. The molecule has 0 saturated carbocycles. The third-order valence-electron chi connectivity index (χ3n) is 1.77. The zero-order valence-electron chi connectivity index (χ0n) is 9.24. The van der Waals surface area contributed by atoms with Gasteiger partial charge in [-0.1, -0.05) is 13.8 Å². The van der Waals surface area contributed by atoms with Crippen molar-refractivity contribution >= 4 is 11.9 Å². The molecule has 1 atom stereocenters. The fraction of sp³-hybridized carbons (Fsp3) is 0.700. The van der Waals surface area contributed by atoms with E-state index in [4.69, 9.17) is 5.26 Å². The molecule has 1 unspecified atom stereocenters. The van der Waals surface area contributed by atoms with Crippen molar-refractivity contribution in [1.82, 2.24) is 5.32 Å². The van der Waals surface area contributed by atoms with E-state index < -0.39 is 17.9 Å². The van der Waals surface area contributed by atoms with Gasteiger partial charge in [-0.15, -0.1) is 0 Å². The molecule has 5 heteroatoms. The number of esters is 1. The fourth-order valence-electron chi connectivity index (χ4n) is 1.14. The molecule has 0 aromatic rings. The highest BCUT2D eigenvalue weighted by Crippen LogP contribution is 2.06. The maximum atomic E-state index is 11.3. The first-order chi connectivity index (χ1) is 7.01. The van der Waals surface area contributed by atoms with Crippen molar-refractivity contribution in [3.8, 4) is 6.07 Å². The number of hydrogen-bond acceptors (Lipinski definition) is 4. The van der Waals surface area contributed by atoms with Crippen LogP contribution in [0.2, 0.25) is 0 Å². The van der Waals surface area contributed by atoms with Gasteiger partial charge < -0.3 is 10.1 Å². The minimum absolute atomic E-state index is 0.244. The van der Waals surface area contributed by atoms with Crippen LogP contribution < -0.4 is 5.32 Å². The Bertz CT molecular complexity index is 268. The second-order valence-electron chi connectivity index (χ2n) is 3.61. The second kappa shape index (κ2) is 6.82. The molecule has 0 saturated heterocycles. The summed E-state index contributed by atoms with van der Waals surface area (Å²) >= 11 is 0. The van der Waals surface area contributed by atoms with Crippen molar-refractivity contribution in [2.24, 2.45) is 5.92 Å². The van der Waals surface area contributed by atoms with Gasteiger partial charge in [0.15, 0.2) is 0 Å². The monoisotopic (exact) mass is 212 g/mol. The Balaban J connectivity index is 4.31. The summed E-state index contributed by atoms with van der Waals surface area (Å²) in [5, 5.41) is 10.8. The van der Waals surface area contributed by atoms with Crippen LogP contribution in [0.1, 0.15) is 26.7 Å². The SMILES string of the molecule is COC(=O)C(CC(C)C)NC(=O)CC#N. The number of nitriles is 1. The average molecular weight is 212 g/mol. The molecule has 0 spiro atoms. The zero-order chi connectivity index (χ0) is 11.8. The van der Waals surface area contributed by atoms with E-state index in [1.165, 1.54) is 7.11 Å². The molecule has 0 aliphatic rings. The van der Waals surface area contributed by atoms with Gasteiger partial charge in [0.2, 0.25) is 5.91 Å². The number of nitrogens with one attached hydrogen (secondary N) is 1. The van der Waals surface area contributed by atoms with E-state index in [2.05, 4.69) is 10.1 Å². The number of ether oxygens (including phenoxy) is 1. The number of nitrogens with zero attached hydrogens (tertiary/aromatic N) is 1. The molecule has 0 aliphatic heterocycles. The third-order valence-corrected chi connectivity index (χ3v) is 1.77. The van der Waals surface area contributed by atoms with Gasteiger partial charge in [-0.25, -0.2) is 4.79 Å². The van der Waals surface area contributed by atoms with Crippen LogP contribution in [0.25, 0.3) is 0 Å². The molecule has 15 heavy (non-hydrogen) atoms. The van der Waals surface area contributed by atoms with E-state index in [1.54, 1.807) is 6.07 Å². The topological polar surface area (TPSA) is 79.2 Å². The van der Waals surface area contributed by atoms with Gasteiger partial charge >= 0.3 is 5.97 Å². The van der Waals surface area contributed by atoms with Crippen molar-refractivity contribution in [2.75, 3.05) is 7.11 Å². The molecule has 0 radical (unpaired) electrons. The Labute approximate surface area is 89.4 Å². The van der Waals surface area contributed by atoms with E-state index in [9.17, 15) is 9.59 Å². The Hall–Kier alpha value is -1.57. The molecular weight excluding hydrogens is 196 g/mol. The van der Waals surface area contributed by atoms with Gasteiger partial charge in [0, 0.05) is 0 Å². The van der Waals surface area contributed by atoms with Crippen molar-refractivity contribution in [3.05, 3.63) is 0 Å². The van der Waals surface area contributed by atoms with E-state index in [0.717, 1.165) is 0 Å². The predicted octanol–water partition coefficient (Wildman–Crippen LogP) is 0.604. The number of carbonyl (C=O) groups is 2. The molecule has 0 rings (SSSR count). The third kappa shape index (κ3) is 5.68. The summed E-state index contributed by atoms with van der Waals surface area (Å²) in [6.45, 7) is 3.87. The van der Waals surface area contributed by atoms with Crippen LogP contribution in [0.4, 0.5) is 0 Å². The van der Waals surface area contributed by atoms with Crippen LogP contribution in [-0.2, 0) is 14.3 Å². The van der Waals surface area contributed by atoms with Crippen LogP contribution in [0, 0.1) is 17.2 Å². The van der Waals surface area contributed by atoms with Crippen LogP contribution >= 0.6 is 0 Å². The van der Waals surface area contributed by atoms with Crippen LogP contribution in [-0.4, -0.2) is 25.0 Å². The molecule has 0 aliphatic carbocycles. The molecule has 1 amide bonds. The molecule has 0 bridgehead atoms. The minimum atomic E-state index is -0.657. The Morgan fingerprint density at radius 1 is 1.47 bits per heavy atom. The number of rotatable bonds is 5. The van der Waals surface area contributed by atoms with Gasteiger partial charge in [-0.05, 0) is 12.3 Å². The van der Waals surface area contributed by atoms with Gasteiger partial charge in [-0.3, -0.25) is 4.79 Å². The van der Waals surface area contributed by atoms with Crippen molar-refractivity contribution in [3.63, 3.8) is 0 Å². The lowest BCUT2D eigenvalue weighted by Crippen LogP contribution is -2.42. The van der Waals surface area contributed by atoms with Gasteiger partial charge in [0.25, 0.3) is 0 Å². The quantitative estimate of drug-likeness (QED) is 0.677. The van der Waals surface area contributed by atoms with E-state index in [0.29, 0.717) is 6.42 Å². The summed E-state index contributed by atoms with van der Waals surface area (Å²) in [6.07, 6.45) is 0.259. The van der Waals surface area contributed by atoms with E-state index in [1.807, 2.05) is 13.8 Å². The van der Waals surface area contributed by atoms with Crippen LogP contribution in [0.15, 0.2) is 0 Å².